The highest BCUT2D eigenvalue weighted by molar-refractivity contribution is 5.87. The van der Waals surface area contributed by atoms with E-state index in [0.29, 0.717) is 24.3 Å². The first kappa shape index (κ1) is 17.0. The van der Waals surface area contributed by atoms with E-state index >= 15 is 0 Å². The molecule has 1 aliphatic heterocycles. The van der Waals surface area contributed by atoms with Crippen molar-refractivity contribution >= 4 is 11.4 Å². The zero-order valence-corrected chi connectivity index (χ0v) is 15.9. The molecule has 3 atom stereocenters. The number of amides is 1. The average Bonchev–Trinajstić information content (AvgIpc) is 3.39. The lowest BCUT2D eigenvalue weighted by atomic mass is 9.64. The molecule has 8 heteroatoms. The second-order valence-corrected chi connectivity index (χ2v) is 7.93. The van der Waals surface area contributed by atoms with Crippen LogP contribution in [-0.2, 0) is 11.8 Å². The third-order valence-corrected chi connectivity index (χ3v) is 6.07. The molecular formula is C20H22N6O2. The molecule has 4 heterocycles. The Morgan fingerprint density at radius 1 is 1.36 bits per heavy atom. The van der Waals surface area contributed by atoms with Gasteiger partial charge in [-0.1, -0.05) is 6.58 Å². The Kier molecular flexibility index (Phi) is 3.59. The molecule has 0 unspecified atom stereocenters. The molecule has 0 aromatic carbocycles. The second-order valence-electron chi connectivity index (χ2n) is 7.93. The van der Waals surface area contributed by atoms with E-state index in [4.69, 9.17) is 9.72 Å². The highest BCUT2D eigenvalue weighted by Crippen LogP contribution is 2.51. The van der Waals surface area contributed by atoms with Crippen molar-refractivity contribution in [3.63, 3.8) is 0 Å². The van der Waals surface area contributed by atoms with Crippen LogP contribution in [-0.4, -0.2) is 53.9 Å². The number of fused-ring (bicyclic) bond motifs is 2. The van der Waals surface area contributed by atoms with E-state index in [9.17, 15) is 4.79 Å². The summed E-state index contributed by atoms with van der Waals surface area (Å²) >= 11 is 0. The molecule has 3 aromatic heterocycles. The molecule has 8 nitrogen and oxygen atoms in total. The lowest BCUT2D eigenvalue weighted by Crippen LogP contribution is -2.55. The van der Waals surface area contributed by atoms with Crippen molar-refractivity contribution in [3.05, 3.63) is 43.5 Å². The molecule has 0 radical (unpaired) electrons. The fraction of sp³-hybridized carbons (Fsp3) is 0.400. The molecule has 1 saturated heterocycles. The lowest BCUT2D eigenvalue weighted by molar-refractivity contribution is -0.125. The zero-order valence-electron chi connectivity index (χ0n) is 15.9. The first-order chi connectivity index (χ1) is 13.5. The number of aryl methyl sites for hydroxylation is 1. The van der Waals surface area contributed by atoms with Gasteiger partial charge in [0.2, 0.25) is 11.8 Å². The second kappa shape index (κ2) is 5.92. The van der Waals surface area contributed by atoms with Gasteiger partial charge in [0.15, 0.2) is 0 Å². The number of hydrogen-bond acceptors (Lipinski definition) is 5. The number of hydrogen-bond donors (Lipinski definition) is 0. The standard InChI is InChI=1S/C20H22N6O2/c1-4-18(27)25-10-13-7-20(2,15(13)11-25)28-19-17-5-6-21-26(17)12-16(23-19)14-8-22-24(3)9-14/h4-6,8-9,12-13,15H,1,7,10-11H2,2-3H3/t13-,15+,20+/m1/s1. The summed E-state index contributed by atoms with van der Waals surface area (Å²) in [5.74, 6) is 1.32. The molecule has 5 rings (SSSR count). The van der Waals surface area contributed by atoms with E-state index in [1.165, 1.54) is 6.08 Å². The van der Waals surface area contributed by atoms with E-state index in [1.54, 1.807) is 21.6 Å². The van der Waals surface area contributed by atoms with Crippen LogP contribution in [0.3, 0.4) is 0 Å². The van der Waals surface area contributed by atoms with Crippen LogP contribution in [0.5, 0.6) is 5.88 Å². The van der Waals surface area contributed by atoms with Gasteiger partial charge in [-0.3, -0.25) is 9.48 Å². The zero-order chi connectivity index (χ0) is 19.5. The van der Waals surface area contributed by atoms with Crippen molar-refractivity contribution in [1.29, 1.82) is 0 Å². The van der Waals surface area contributed by atoms with E-state index in [0.717, 1.165) is 29.7 Å². The van der Waals surface area contributed by atoms with Gasteiger partial charge in [-0.2, -0.15) is 10.2 Å². The summed E-state index contributed by atoms with van der Waals surface area (Å²) < 4.78 is 10.0. The van der Waals surface area contributed by atoms with Gasteiger partial charge in [-0.25, -0.2) is 9.50 Å². The molecule has 0 spiro atoms. The summed E-state index contributed by atoms with van der Waals surface area (Å²) in [4.78, 5) is 18.6. The molecule has 0 bridgehead atoms. The topological polar surface area (TPSA) is 77.6 Å². The van der Waals surface area contributed by atoms with Crippen LogP contribution in [0, 0.1) is 11.8 Å². The summed E-state index contributed by atoms with van der Waals surface area (Å²) in [6.45, 7) is 7.19. The molecule has 1 amide bonds. The Bertz CT molecular complexity index is 1090. The van der Waals surface area contributed by atoms with Crippen molar-refractivity contribution in [2.75, 3.05) is 13.1 Å². The van der Waals surface area contributed by atoms with E-state index in [1.807, 2.05) is 30.4 Å². The smallest absolute Gasteiger partial charge is 0.245 e. The number of nitrogens with zero attached hydrogens (tertiary/aromatic N) is 6. The van der Waals surface area contributed by atoms with Gasteiger partial charge < -0.3 is 9.64 Å². The van der Waals surface area contributed by atoms with Gasteiger partial charge in [-0.15, -0.1) is 0 Å². The first-order valence-corrected chi connectivity index (χ1v) is 9.40. The average molecular weight is 378 g/mol. The molecule has 1 aliphatic carbocycles. The monoisotopic (exact) mass is 378 g/mol. The Hall–Kier alpha value is -3.16. The number of rotatable bonds is 4. The molecule has 0 N–H and O–H groups in total. The van der Waals surface area contributed by atoms with E-state index < -0.39 is 0 Å². The Labute approximate surface area is 162 Å². The van der Waals surface area contributed by atoms with Crippen molar-refractivity contribution in [3.8, 4) is 17.1 Å². The van der Waals surface area contributed by atoms with E-state index in [-0.39, 0.29) is 11.5 Å². The van der Waals surface area contributed by atoms with Crippen molar-refractivity contribution in [2.45, 2.75) is 18.9 Å². The molecule has 1 saturated carbocycles. The molecule has 2 fully saturated rings. The summed E-state index contributed by atoms with van der Waals surface area (Å²) in [5, 5.41) is 8.59. The molecule has 3 aromatic rings. The molecule has 28 heavy (non-hydrogen) atoms. The summed E-state index contributed by atoms with van der Waals surface area (Å²) in [5.41, 5.74) is 2.14. The predicted molar refractivity (Wildman–Crippen MR) is 103 cm³/mol. The first-order valence-electron chi connectivity index (χ1n) is 9.40. The quantitative estimate of drug-likeness (QED) is 0.649. The van der Waals surface area contributed by atoms with Gasteiger partial charge in [0.25, 0.3) is 0 Å². The summed E-state index contributed by atoms with van der Waals surface area (Å²) in [6, 6.07) is 1.90. The minimum atomic E-state index is -0.355. The maximum Gasteiger partial charge on any atom is 0.245 e. The number of carbonyl (C=O) groups excluding carboxylic acids is 1. The van der Waals surface area contributed by atoms with Gasteiger partial charge >= 0.3 is 0 Å². The lowest BCUT2D eigenvalue weighted by Gasteiger charge is -2.48. The molecular weight excluding hydrogens is 356 g/mol. The minimum Gasteiger partial charge on any atom is -0.469 e. The summed E-state index contributed by atoms with van der Waals surface area (Å²) in [6.07, 6.45) is 9.60. The van der Waals surface area contributed by atoms with Crippen LogP contribution in [0.15, 0.2) is 43.5 Å². The maximum atomic E-state index is 12.0. The number of aromatic nitrogens is 5. The van der Waals surface area contributed by atoms with E-state index in [2.05, 4.69) is 23.7 Å². The van der Waals surface area contributed by atoms with Crippen LogP contribution < -0.4 is 4.74 Å². The van der Waals surface area contributed by atoms with Crippen LogP contribution in [0.25, 0.3) is 16.8 Å². The van der Waals surface area contributed by atoms with Crippen LogP contribution in [0.2, 0.25) is 0 Å². The Morgan fingerprint density at radius 3 is 2.96 bits per heavy atom. The van der Waals surface area contributed by atoms with Gasteiger partial charge in [-0.05, 0) is 31.4 Å². The normalized spacial score (nSPS) is 26.1. The maximum absolute atomic E-state index is 12.0. The third-order valence-electron chi connectivity index (χ3n) is 6.07. The van der Waals surface area contributed by atoms with Gasteiger partial charge in [0.05, 0.1) is 24.3 Å². The fourth-order valence-corrected chi connectivity index (χ4v) is 4.59. The number of carbonyl (C=O) groups is 1. The van der Waals surface area contributed by atoms with Crippen LogP contribution in [0.4, 0.5) is 0 Å². The van der Waals surface area contributed by atoms with Crippen molar-refractivity contribution in [2.24, 2.45) is 18.9 Å². The predicted octanol–water partition coefficient (Wildman–Crippen LogP) is 1.93. The highest BCUT2D eigenvalue weighted by atomic mass is 16.5. The van der Waals surface area contributed by atoms with Crippen LogP contribution in [0.1, 0.15) is 13.3 Å². The fourth-order valence-electron chi connectivity index (χ4n) is 4.59. The number of ether oxygens (including phenoxy) is 1. The Morgan fingerprint density at radius 2 is 2.21 bits per heavy atom. The number of likely N-dealkylation sites (tertiary alicyclic amines) is 1. The third kappa shape index (κ3) is 2.51. The molecule has 2 aliphatic rings. The largest absolute Gasteiger partial charge is 0.469 e. The van der Waals surface area contributed by atoms with Crippen molar-refractivity contribution in [1.82, 2.24) is 29.3 Å². The Balaban J connectivity index is 1.46. The van der Waals surface area contributed by atoms with Crippen molar-refractivity contribution < 1.29 is 9.53 Å². The molecule has 144 valence electrons. The van der Waals surface area contributed by atoms with Gasteiger partial charge in [0, 0.05) is 37.8 Å². The SMILES string of the molecule is C=CC(=O)N1C[C@H]2C[C@](C)(Oc3nc(-c4cnn(C)c4)cn4nccc34)[C@H]2C1. The van der Waals surface area contributed by atoms with Gasteiger partial charge in [0.1, 0.15) is 11.1 Å². The minimum absolute atomic E-state index is 0.00775. The summed E-state index contributed by atoms with van der Waals surface area (Å²) in [7, 11) is 1.87. The highest BCUT2D eigenvalue weighted by Gasteiger charge is 2.57. The van der Waals surface area contributed by atoms with Crippen LogP contribution >= 0.6 is 0 Å².